The number of likely N-dealkylation sites (tertiary alicyclic amines) is 1. The predicted molar refractivity (Wildman–Crippen MR) is 199 cm³/mol. The van der Waals surface area contributed by atoms with Crippen LogP contribution in [-0.4, -0.2) is 59.4 Å². The van der Waals surface area contributed by atoms with E-state index in [0.29, 0.717) is 11.1 Å². The van der Waals surface area contributed by atoms with Gasteiger partial charge in [0, 0.05) is 24.7 Å². The molecule has 5 rings (SSSR count). The number of carbonyl (C=O) groups is 1. The number of nitrogens with zero attached hydrogens (tertiary/aromatic N) is 3. The topological polar surface area (TPSA) is 47.3 Å². The average molecular weight is 636 g/mol. The van der Waals surface area contributed by atoms with Crippen molar-refractivity contribution in [2.75, 3.05) is 37.7 Å². The molecule has 0 bridgehead atoms. The fraction of sp³-hybridized carbons (Fsp3) is 0.415. The number of allylic oxidation sites excluding steroid dienone is 1. The van der Waals surface area contributed by atoms with Gasteiger partial charge in [-0.25, -0.2) is 0 Å². The Morgan fingerprint density at radius 2 is 1.61 bits per heavy atom. The van der Waals surface area contributed by atoms with E-state index in [9.17, 15) is 4.79 Å². The molecule has 1 unspecified atom stereocenters. The highest BCUT2D eigenvalue weighted by Crippen LogP contribution is 2.23. The lowest BCUT2D eigenvalue weighted by Gasteiger charge is -2.30. The van der Waals surface area contributed by atoms with E-state index in [1.807, 2.05) is 74.5 Å². The van der Waals surface area contributed by atoms with E-state index in [1.165, 1.54) is 36.3 Å². The van der Waals surface area contributed by atoms with Gasteiger partial charge in [0.25, 0.3) is 5.91 Å². The Morgan fingerprint density at radius 1 is 0.957 bits per heavy atom. The number of thioether (sulfide) groups is 1. The number of hydrogen-bond donors (Lipinski definition) is 0. The van der Waals surface area contributed by atoms with Gasteiger partial charge < -0.3 is 9.80 Å². The van der Waals surface area contributed by atoms with Gasteiger partial charge in [0.2, 0.25) is 0 Å². The Balaban J connectivity index is 0.000000363. The van der Waals surface area contributed by atoms with Crippen LogP contribution in [-0.2, 0) is 4.79 Å². The molecule has 0 N–H and O–H groups in total. The molecule has 46 heavy (non-hydrogen) atoms. The summed E-state index contributed by atoms with van der Waals surface area (Å²) in [6.07, 6.45) is 8.50. The van der Waals surface area contributed by atoms with Crippen LogP contribution in [0.4, 0.5) is 0 Å². The molecule has 1 amide bonds. The summed E-state index contributed by atoms with van der Waals surface area (Å²) < 4.78 is 0. The Kier molecular flexibility index (Phi) is 15.9. The first kappa shape index (κ1) is 36.9. The SMILES string of the molecule is C1CCSCC1.C=c1ccc(-c2ccc(C#N)cc2)c/c1=C(/C=C(C)C)C(=O)N1CCCC1CN(CC)CC.Cc1ccccc1. The minimum atomic E-state index is 0.0905. The Morgan fingerprint density at radius 3 is 2.11 bits per heavy atom. The van der Waals surface area contributed by atoms with Gasteiger partial charge in [-0.1, -0.05) is 98.7 Å². The lowest BCUT2D eigenvalue weighted by molar-refractivity contribution is -0.126. The van der Waals surface area contributed by atoms with Crippen LogP contribution in [0.3, 0.4) is 0 Å². The fourth-order valence-corrected chi connectivity index (χ4v) is 6.76. The van der Waals surface area contributed by atoms with E-state index in [-0.39, 0.29) is 11.9 Å². The van der Waals surface area contributed by atoms with Gasteiger partial charge in [-0.15, -0.1) is 0 Å². The standard InChI is InChI=1S/C29H35N3O.C7H8.C5H10S/c1-6-31(7-2)20-26-9-8-16-32(26)29(33)28(17-21(3)4)27-18-25(13-10-22(27)5)24-14-11-23(19-30)12-15-24;1-7-5-3-2-4-6-7;1-2-4-6-5-3-1/h10-15,17-18,26H,5-9,16,20H2,1-4H3;2-6H,1H3;1-5H2/b28-27+;;. The number of likely N-dealkylation sites (N-methyl/N-ethyl adjacent to an activating group) is 1. The molecule has 3 aromatic carbocycles. The van der Waals surface area contributed by atoms with E-state index >= 15 is 0 Å². The van der Waals surface area contributed by atoms with Crippen molar-refractivity contribution in [2.45, 2.75) is 72.8 Å². The first-order valence-electron chi connectivity index (χ1n) is 16.9. The molecule has 0 radical (unpaired) electrons. The number of amides is 1. The Hall–Kier alpha value is -3.59. The van der Waals surface area contributed by atoms with Crippen LogP contribution in [0.1, 0.15) is 70.9 Å². The molecule has 2 heterocycles. The predicted octanol–water partition coefficient (Wildman–Crippen LogP) is 7.98. The summed E-state index contributed by atoms with van der Waals surface area (Å²) in [5.41, 5.74) is 5.77. The largest absolute Gasteiger partial charge is 0.334 e. The third-order valence-electron chi connectivity index (χ3n) is 8.43. The van der Waals surface area contributed by atoms with Crippen molar-refractivity contribution in [1.29, 1.82) is 5.26 Å². The van der Waals surface area contributed by atoms with Crippen LogP contribution in [0.25, 0.3) is 23.3 Å². The summed E-state index contributed by atoms with van der Waals surface area (Å²) in [6, 6.07) is 26.3. The molecule has 0 spiro atoms. The third-order valence-corrected chi connectivity index (χ3v) is 9.58. The van der Waals surface area contributed by atoms with Crippen molar-refractivity contribution < 1.29 is 4.79 Å². The molecular weight excluding hydrogens is 583 g/mol. The van der Waals surface area contributed by atoms with E-state index < -0.39 is 0 Å². The zero-order valence-corrected chi connectivity index (χ0v) is 29.5. The Bertz CT molecular complexity index is 1530. The van der Waals surface area contributed by atoms with Crippen molar-refractivity contribution in [3.63, 3.8) is 0 Å². The van der Waals surface area contributed by atoms with Crippen molar-refractivity contribution in [1.82, 2.24) is 9.80 Å². The summed E-state index contributed by atoms with van der Waals surface area (Å²) >= 11 is 2.09. The van der Waals surface area contributed by atoms with E-state index in [0.717, 1.165) is 66.2 Å². The third kappa shape index (κ3) is 11.6. The number of hydrogen-bond acceptors (Lipinski definition) is 4. The summed E-state index contributed by atoms with van der Waals surface area (Å²) in [7, 11) is 0. The van der Waals surface area contributed by atoms with Gasteiger partial charge in [0.15, 0.2) is 0 Å². The lowest BCUT2D eigenvalue weighted by atomic mass is 9.99. The van der Waals surface area contributed by atoms with Crippen molar-refractivity contribution in [2.24, 2.45) is 0 Å². The van der Waals surface area contributed by atoms with Gasteiger partial charge in [-0.3, -0.25) is 4.79 Å². The van der Waals surface area contributed by atoms with Gasteiger partial charge >= 0.3 is 0 Å². The van der Waals surface area contributed by atoms with E-state index in [4.69, 9.17) is 5.26 Å². The number of benzene rings is 3. The maximum Gasteiger partial charge on any atom is 0.254 e. The van der Waals surface area contributed by atoms with Crippen LogP contribution >= 0.6 is 11.8 Å². The van der Waals surface area contributed by atoms with Crippen LogP contribution in [0.5, 0.6) is 0 Å². The van der Waals surface area contributed by atoms with Crippen molar-refractivity contribution in [3.8, 4) is 17.2 Å². The monoisotopic (exact) mass is 635 g/mol. The second-order valence-corrected chi connectivity index (χ2v) is 13.5. The van der Waals surface area contributed by atoms with Gasteiger partial charge in [0.1, 0.15) is 0 Å². The summed E-state index contributed by atoms with van der Waals surface area (Å²) in [6.45, 7) is 18.4. The molecule has 244 valence electrons. The molecule has 1 atom stereocenters. The number of rotatable bonds is 7. The highest BCUT2D eigenvalue weighted by molar-refractivity contribution is 7.99. The average Bonchev–Trinajstić information content (AvgIpc) is 3.56. The van der Waals surface area contributed by atoms with Gasteiger partial charge in [0.05, 0.1) is 11.6 Å². The zero-order chi connectivity index (χ0) is 33.3. The number of nitriles is 1. The zero-order valence-electron chi connectivity index (χ0n) is 28.7. The molecule has 5 heteroatoms. The summed E-state index contributed by atoms with van der Waals surface area (Å²) in [4.78, 5) is 18.4. The molecular formula is C41H53N3OS. The van der Waals surface area contributed by atoms with Crippen molar-refractivity contribution >= 4 is 29.8 Å². The van der Waals surface area contributed by atoms with Crippen molar-refractivity contribution in [3.05, 3.63) is 106 Å². The minimum Gasteiger partial charge on any atom is -0.334 e. The molecule has 0 saturated carbocycles. The first-order valence-corrected chi connectivity index (χ1v) is 18.0. The number of carbonyl (C=O) groups excluding carboxylic acids is 1. The van der Waals surface area contributed by atoms with Crippen LogP contribution in [0.15, 0.2) is 84.4 Å². The maximum absolute atomic E-state index is 13.9. The van der Waals surface area contributed by atoms with Crippen LogP contribution < -0.4 is 10.4 Å². The number of aryl methyl sites for hydroxylation is 1. The lowest BCUT2D eigenvalue weighted by Crippen LogP contribution is -2.45. The molecule has 2 aliphatic heterocycles. The van der Waals surface area contributed by atoms with Crippen LogP contribution in [0.2, 0.25) is 0 Å². The second kappa shape index (κ2) is 19.8. The fourth-order valence-electron chi connectivity index (χ4n) is 5.74. The highest BCUT2D eigenvalue weighted by atomic mass is 32.2. The maximum atomic E-state index is 13.9. The molecule has 4 nitrogen and oxygen atoms in total. The molecule has 2 aliphatic rings. The Labute approximate surface area is 282 Å². The molecule has 0 aromatic heterocycles. The first-order chi connectivity index (χ1) is 22.3. The quantitative estimate of drug-likeness (QED) is 0.264. The van der Waals surface area contributed by atoms with E-state index in [1.54, 1.807) is 0 Å². The molecule has 2 saturated heterocycles. The smallest absolute Gasteiger partial charge is 0.254 e. The molecule has 3 aromatic rings. The minimum absolute atomic E-state index is 0.0905. The van der Waals surface area contributed by atoms with E-state index in [2.05, 4.69) is 73.2 Å². The van der Waals surface area contributed by atoms with Crippen LogP contribution in [0, 0.1) is 18.3 Å². The second-order valence-electron chi connectivity index (χ2n) is 12.3. The summed E-state index contributed by atoms with van der Waals surface area (Å²) in [5, 5.41) is 10.8. The van der Waals surface area contributed by atoms with Gasteiger partial charge in [-0.2, -0.15) is 17.0 Å². The van der Waals surface area contributed by atoms with Gasteiger partial charge in [-0.05, 0) is 111 Å². The summed E-state index contributed by atoms with van der Waals surface area (Å²) in [5.74, 6) is 2.92. The highest BCUT2D eigenvalue weighted by Gasteiger charge is 2.31. The normalized spacial score (nSPS) is 16.3. The molecule has 2 fully saturated rings. The molecule has 0 aliphatic carbocycles.